The highest BCUT2D eigenvalue weighted by Crippen LogP contribution is 2.29. The van der Waals surface area contributed by atoms with Crippen LogP contribution in [0.2, 0.25) is 0 Å². The molecule has 0 radical (unpaired) electrons. The summed E-state index contributed by atoms with van der Waals surface area (Å²) in [5, 5.41) is 0. The SMILES string of the molecule is CC.CCCCCc1ccc(CN(C(=O)/C=C/c2ccc(C(F)(F)F)cc2)C(Cc2ccccc2)C(=O)N2CCN(c3ccc(F)cc3)CC2)cc1. The first-order valence-electron chi connectivity index (χ1n) is 18.2. The minimum atomic E-state index is -4.46. The summed E-state index contributed by atoms with van der Waals surface area (Å²) in [4.78, 5) is 34.1. The molecule has 4 aromatic carbocycles. The van der Waals surface area contributed by atoms with Crippen molar-refractivity contribution in [3.63, 3.8) is 0 Å². The average Bonchev–Trinajstić information content (AvgIpc) is 3.17. The van der Waals surface area contributed by atoms with Gasteiger partial charge in [0, 0.05) is 50.9 Å². The van der Waals surface area contributed by atoms with Crippen LogP contribution in [0.3, 0.4) is 0 Å². The lowest BCUT2D eigenvalue weighted by Gasteiger charge is -2.40. The fourth-order valence-electron chi connectivity index (χ4n) is 6.19. The van der Waals surface area contributed by atoms with Gasteiger partial charge in [0.2, 0.25) is 11.8 Å². The van der Waals surface area contributed by atoms with Crippen LogP contribution < -0.4 is 4.90 Å². The second-order valence-electron chi connectivity index (χ2n) is 12.7. The van der Waals surface area contributed by atoms with E-state index < -0.39 is 23.7 Å². The number of alkyl halides is 3. The van der Waals surface area contributed by atoms with Crippen LogP contribution in [-0.4, -0.2) is 53.8 Å². The second-order valence-corrected chi connectivity index (χ2v) is 12.7. The van der Waals surface area contributed by atoms with Gasteiger partial charge in [-0.05, 0) is 77.6 Å². The quantitative estimate of drug-likeness (QED) is 0.0787. The van der Waals surface area contributed by atoms with Gasteiger partial charge in [-0.1, -0.05) is 100 Å². The summed E-state index contributed by atoms with van der Waals surface area (Å²) in [7, 11) is 0. The molecule has 1 fully saturated rings. The molecule has 0 spiro atoms. The standard InChI is InChI=1S/C41H43F4N3O2.C2H6/c1-2-3-5-8-31-11-13-34(14-12-31)30-48(39(49)24-17-32-15-18-35(19-16-32)41(43,44)45)38(29-33-9-6-4-7-10-33)40(50)47-27-25-46(26-28-47)37-22-20-36(42)21-23-37;1-2/h4,6-7,9-24,38H,2-3,5,8,25-30H2,1H3;1-2H3/b24-17+;. The van der Waals surface area contributed by atoms with Crippen LogP contribution in [0, 0.1) is 5.82 Å². The smallest absolute Gasteiger partial charge is 0.368 e. The molecule has 276 valence electrons. The Bertz CT molecular complexity index is 1700. The van der Waals surface area contributed by atoms with Crippen molar-refractivity contribution in [3.8, 4) is 0 Å². The number of carbonyl (C=O) groups is 2. The summed E-state index contributed by atoms with van der Waals surface area (Å²) in [5.74, 6) is -0.911. The first kappa shape index (κ1) is 39.9. The van der Waals surface area contributed by atoms with E-state index in [4.69, 9.17) is 0 Å². The summed E-state index contributed by atoms with van der Waals surface area (Å²) in [5.41, 5.74) is 3.51. The molecule has 5 nitrogen and oxygen atoms in total. The molecule has 1 aliphatic heterocycles. The molecule has 4 aromatic rings. The number of rotatable bonds is 13. The lowest BCUT2D eigenvalue weighted by atomic mass is 10.0. The second kappa shape index (κ2) is 19.6. The van der Waals surface area contributed by atoms with Crippen LogP contribution in [0.4, 0.5) is 23.2 Å². The summed E-state index contributed by atoms with van der Waals surface area (Å²) in [6, 6.07) is 27.7. The maximum atomic E-state index is 14.5. The highest BCUT2D eigenvalue weighted by molar-refractivity contribution is 5.96. The Labute approximate surface area is 305 Å². The molecule has 5 rings (SSSR count). The van der Waals surface area contributed by atoms with Crippen molar-refractivity contribution < 1.29 is 27.2 Å². The zero-order valence-electron chi connectivity index (χ0n) is 30.3. The normalized spacial score (nSPS) is 13.8. The molecule has 1 atom stereocenters. The zero-order chi connectivity index (χ0) is 37.5. The minimum Gasteiger partial charge on any atom is -0.368 e. The number of carbonyl (C=O) groups excluding carboxylic acids is 2. The van der Waals surface area contributed by atoms with Crippen molar-refractivity contribution in [2.45, 2.75) is 71.6 Å². The number of aryl methyl sites for hydroxylation is 1. The molecular formula is C43H49F4N3O2. The van der Waals surface area contributed by atoms with E-state index >= 15 is 0 Å². The monoisotopic (exact) mass is 715 g/mol. The summed E-state index contributed by atoms with van der Waals surface area (Å²) in [6.45, 7) is 8.30. The van der Waals surface area contributed by atoms with E-state index in [0.29, 0.717) is 31.7 Å². The minimum absolute atomic E-state index is 0.171. The fourth-order valence-corrected chi connectivity index (χ4v) is 6.19. The summed E-state index contributed by atoms with van der Waals surface area (Å²) >= 11 is 0. The van der Waals surface area contributed by atoms with Gasteiger partial charge >= 0.3 is 6.18 Å². The summed E-state index contributed by atoms with van der Waals surface area (Å²) < 4.78 is 52.9. The van der Waals surface area contributed by atoms with E-state index in [2.05, 4.69) is 24.0 Å². The molecule has 9 heteroatoms. The average molecular weight is 716 g/mol. The number of hydrogen-bond acceptors (Lipinski definition) is 3. The van der Waals surface area contributed by atoms with Crippen molar-refractivity contribution in [1.29, 1.82) is 0 Å². The topological polar surface area (TPSA) is 43.9 Å². The van der Waals surface area contributed by atoms with Crippen LogP contribution in [0.1, 0.15) is 67.9 Å². The first-order valence-corrected chi connectivity index (χ1v) is 18.2. The van der Waals surface area contributed by atoms with E-state index in [-0.39, 0.29) is 24.7 Å². The highest BCUT2D eigenvalue weighted by atomic mass is 19.4. The van der Waals surface area contributed by atoms with E-state index in [0.717, 1.165) is 54.6 Å². The van der Waals surface area contributed by atoms with Gasteiger partial charge in [-0.2, -0.15) is 13.2 Å². The molecule has 1 aliphatic rings. The van der Waals surface area contributed by atoms with Gasteiger partial charge in [0.25, 0.3) is 0 Å². The zero-order valence-corrected chi connectivity index (χ0v) is 30.3. The van der Waals surface area contributed by atoms with Gasteiger partial charge in [-0.3, -0.25) is 9.59 Å². The molecule has 0 aromatic heterocycles. The summed E-state index contributed by atoms with van der Waals surface area (Å²) in [6.07, 6.45) is 2.98. The van der Waals surface area contributed by atoms with Gasteiger partial charge in [0.05, 0.1) is 5.56 Å². The molecule has 0 N–H and O–H groups in total. The van der Waals surface area contributed by atoms with Crippen molar-refractivity contribution in [2.24, 2.45) is 0 Å². The predicted molar refractivity (Wildman–Crippen MR) is 201 cm³/mol. The number of benzene rings is 4. The number of halogens is 4. The Morgan fingerprint density at radius 1 is 0.769 bits per heavy atom. The third-order valence-electron chi connectivity index (χ3n) is 9.10. The van der Waals surface area contributed by atoms with Crippen LogP contribution in [-0.2, 0) is 35.2 Å². The Balaban J connectivity index is 0.00000297. The third-order valence-corrected chi connectivity index (χ3v) is 9.10. The molecule has 0 bridgehead atoms. The number of nitrogens with zero attached hydrogens (tertiary/aromatic N) is 3. The number of unbranched alkanes of at least 4 members (excludes halogenated alkanes) is 2. The molecule has 0 aliphatic carbocycles. The van der Waals surface area contributed by atoms with Crippen molar-refractivity contribution in [3.05, 3.63) is 143 Å². The van der Waals surface area contributed by atoms with E-state index in [9.17, 15) is 27.2 Å². The van der Waals surface area contributed by atoms with Gasteiger partial charge < -0.3 is 14.7 Å². The van der Waals surface area contributed by atoms with Crippen molar-refractivity contribution in [1.82, 2.24) is 9.80 Å². The Morgan fingerprint density at radius 3 is 1.98 bits per heavy atom. The predicted octanol–water partition coefficient (Wildman–Crippen LogP) is 9.61. The van der Waals surface area contributed by atoms with Crippen LogP contribution in [0.25, 0.3) is 6.08 Å². The number of amides is 2. The van der Waals surface area contributed by atoms with Crippen molar-refractivity contribution in [2.75, 3.05) is 31.1 Å². The first-order chi connectivity index (χ1) is 25.1. The molecule has 1 saturated heterocycles. The van der Waals surface area contributed by atoms with E-state index in [1.165, 1.54) is 42.0 Å². The molecule has 1 heterocycles. The largest absolute Gasteiger partial charge is 0.416 e. The fraction of sp³-hybridized carbons (Fsp3) is 0.349. The Morgan fingerprint density at radius 2 is 1.38 bits per heavy atom. The third kappa shape index (κ3) is 11.6. The Hall–Kier alpha value is -4.92. The maximum Gasteiger partial charge on any atom is 0.416 e. The van der Waals surface area contributed by atoms with Crippen LogP contribution >= 0.6 is 0 Å². The van der Waals surface area contributed by atoms with Crippen molar-refractivity contribution >= 4 is 23.6 Å². The van der Waals surface area contributed by atoms with Gasteiger partial charge in [-0.25, -0.2) is 4.39 Å². The van der Waals surface area contributed by atoms with Crippen LogP contribution in [0.5, 0.6) is 0 Å². The molecule has 2 amide bonds. The Kier molecular flexibility index (Phi) is 15.0. The number of anilines is 1. The number of piperazine rings is 1. The molecular weight excluding hydrogens is 666 g/mol. The highest BCUT2D eigenvalue weighted by Gasteiger charge is 2.34. The lowest BCUT2D eigenvalue weighted by molar-refractivity contribution is -0.144. The maximum absolute atomic E-state index is 14.5. The van der Waals surface area contributed by atoms with E-state index in [1.54, 1.807) is 21.9 Å². The van der Waals surface area contributed by atoms with Crippen LogP contribution in [0.15, 0.2) is 109 Å². The number of hydrogen-bond donors (Lipinski definition) is 0. The molecule has 1 unspecified atom stereocenters. The molecule has 0 saturated carbocycles. The van der Waals surface area contributed by atoms with Gasteiger partial charge in [0.15, 0.2) is 0 Å². The molecule has 52 heavy (non-hydrogen) atoms. The van der Waals surface area contributed by atoms with Gasteiger partial charge in [0.1, 0.15) is 11.9 Å². The van der Waals surface area contributed by atoms with Gasteiger partial charge in [-0.15, -0.1) is 0 Å². The van der Waals surface area contributed by atoms with E-state index in [1.807, 2.05) is 56.3 Å². The lowest BCUT2D eigenvalue weighted by Crippen LogP contribution is -2.56.